The van der Waals surface area contributed by atoms with E-state index in [4.69, 9.17) is 4.74 Å². The molecule has 3 fully saturated rings. The number of carbonyl (C=O) groups excluding carboxylic acids is 5. The van der Waals surface area contributed by atoms with Crippen molar-refractivity contribution in [1.82, 2.24) is 25.3 Å². The Kier molecular flexibility index (Phi) is 10.7. The van der Waals surface area contributed by atoms with E-state index >= 15 is 0 Å². The van der Waals surface area contributed by atoms with E-state index in [1.54, 1.807) is 43.7 Å². The first-order chi connectivity index (χ1) is 24.3. The first kappa shape index (κ1) is 36.4. The topological polar surface area (TPSA) is 164 Å². The van der Waals surface area contributed by atoms with Crippen molar-refractivity contribution in [3.05, 3.63) is 41.2 Å². The molecule has 13 nitrogen and oxygen atoms in total. The number of ether oxygens (including phenoxy) is 1. The lowest BCUT2D eigenvalue weighted by atomic mass is 9.84. The number of aromatic nitrogens is 2. The number of rotatable bonds is 10. The molecule has 0 bridgehead atoms. The molecule has 51 heavy (non-hydrogen) atoms. The van der Waals surface area contributed by atoms with Crippen molar-refractivity contribution < 1.29 is 37.5 Å². The number of hydrogen-bond donors (Lipinski definition) is 4. The molecule has 1 aromatic heterocycles. The summed E-state index contributed by atoms with van der Waals surface area (Å²) in [4.78, 5) is 63.9. The van der Waals surface area contributed by atoms with E-state index < -0.39 is 53.5 Å². The monoisotopic (exact) mass is 711 g/mol. The number of anilines is 2. The molecule has 2 saturated carbocycles. The fraction of sp³-hybridized carbons (Fsp3) is 0.611. The van der Waals surface area contributed by atoms with Crippen LogP contribution in [0.25, 0.3) is 0 Å². The molecule has 3 heterocycles. The summed E-state index contributed by atoms with van der Waals surface area (Å²) in [7, 11) is 0. The SMILES string of the molecule is CC(C)(C)OC(=O)Nc1cn(C2CCC(CNCC3CCC(Nc4cccc5c4C(=O)N(C4CCC(=O)NC4=O)C5=O)CC3)CC2)nc1C(F)F. The predicted molar refractivity (Wildman–Crippen MR) is 183 cm³/mol. The summed E-state index contributed by atoms with van der Waals surface area (Å²) in [6, 6.07) is 4.26. The highest BCUT2D eigenvalue weighted by atomic mass is 19.3. The van der Waals surface area contributed by atoms with Gasteiger partial charge in [0.15, 0.2) is 5.69 Å². The average Bonchev–Trinajstić information content (AvgIpc) is 3.60. The molecule has 276 valence electrons. The van der Waals surface area contributed by atoms with E-state index in [1.807, 2.05) is 0 Å². The Morgan fingerprint density at radius 2 is 1.61 bits per heavy atom. The number of alkyl halides is 2. The Bertz CT molecular complexity index is 1660. The zero-order valence-electron chi connectivity index (χ0n) is 29.3. The first-order valence-electron chi connectivity index (χ1n) is 18.0. The molecule has 5 amide bonds. The number of hydrogen-bond acceptors (Lipinski definition) is 9. The van der Waals surface area contributed by atoms with Gasteiger partial charge >= 0.3 is 6.09 Å². The van der Waals surface area contributed by atoms with Gasteiger partial charge in [-0.1, -0.05) is 6.07 Å². The van der Waals surface area contributed by atoms with Gasteiger partial charge in [-0.2, -0.15) is 5.10 Å². The summed E-state index contributed by atoms with van der Waals surface area (Å²) >= 11 is 0. The average molecular weight is 712 g/mol. The summed E-state index contributed by atoms with van der Waals surface area (Å²) in [5, 5.41) is 15.9. The van der Waals surface area contributed by atoms with Gasteiger partial charge in [-0.3, -0.25) is 39.4 Å². The van der Waals surface area contributed by atoms with Gasteiger partial charge in [-0.25, -0.2) is 13.6 Å². The number of nitrogens with one attached hydrogen (secondary N) is 4. The zero-order chi connectivity index (χ0) is 36.4. The molecule has 2 aliphatic heterocycles. The maximum Gasteiger partial charge on any atom is 0.412 e. The molecule has 2 aromatic rings. The summed E-state index contributed by atoms with van der Waals surface area (Å²) in [6.45, 7) is 6.90. The highest BCUT2D eigenvalue weighted by molar-refractivity contribution is 6.25. The first-order valence-corrected chi connectivity index (χ1v) is 18.0. The van der Waals surface area contributed by atoms with Crippen molar-refractivity contribution >= 4 is 41.1 Å². The van der Waals surface area contributed by atoms with Crippen LogP contribution in [0.4, 0.5) is 25.0 Å². The van der Waals surface area contributed by atoms with Gasteiger partial charge in [0.25, 0.3) is 18.2 Å². The normalized spacial score (nSPS) is 25.5. The van der Waals surface area contributed by atoms with Gasteiger partial charge in [-0.15, -0.1) is 0 Å². The molecular formula is C36H47F2N7O6. The number of amides is 5. The highest BCUT2D eigenvalue weighted by Crippen LogP contribution is 2.36. The molecule has 1 saturated heterocycles. The van der Waals surface area contributed by atoms with Crippen LogP contribution >= 0.6 is 0 Å². The third kappa shape index (κ3) is 8.40. The Balaban J connectivity index is 0.934. The number of imide groups is 2. The van der Waals surface area contributed by atoms with Crippen molar-refractivity contribution in [2.75, 3.05) is 23.7 Å². The van der Waals surface area contributed by atoms with E-state index in [9.17, 15) is 32.8 Å². The molecule has 1 unspecified atom stereocenters. The van der Waals surface area contributed by atoms with Crippen LogP contribution in [-0.4, -0.2) is 75.2 Å². The molecule has 4 aliphatic rings. The maximum atomic E-state index is 13.7. The smallest absolute Gasteiger partial charge is 0.412 e. The van der Waals surface area contributed by atoms with Crippen molar-refractivity contribution in [2.24, 2.45) is 11.8 Å². The minimum atomic E-state index is -2.82. The number of carbonyl (C=O) groups is 5. The van der Waals surface area contributed by atoms with Gasteiger partial charge in [-0.05, 0) is 116 Å². The molecule has 0 radical (unpaired) electrons. The van der Waals surface area contributed by atoms with Crippen LogP contribution < -0.4 is 21.3 Å². The lowest BCUT2D eigenvalue weighted by Crippen LogP contribution is -2.54. The maximum absolute atomic E-state index is 13.7. The Morgan fingerprint density at radius 3 is 2.24 bits per heavy atom. The quantitative estimate of drug-likeness (QED) is 0.231. The van der Waals surface area contributed by atoms with E-state index in [2.05, 4.69) is 26.4 Å². The fourth-order valence-electron chi connectivity index (χ4n) is 7.73. The van der Waals surface area contributed by atoms with Crippen LogP contribution in [0.2, 0.25) is 0 Å². The molecule has 1 atom stereocenters. The van der Waals surface area contributed by atoms with Gasteiger partial charge < -0.3 is 15.4 Å². The van der Waals surface area contributed by atoms with E-state index in [0.29, 0.717) is 17.5 Å². The Morgan fingerprint density at radius 1 is 0.941 bits per heavy atom. The van der Waals surface area contributed by atoms with Crippen molar-refractivity contribution in [1.29, 1.82) is 0 Å². The second-order valence-electron chi connectivity index (χ2n) is 15.2. The van der Waals surface area contributed by atoms with Crippen LogP contribution in [0.1, 0.15) is 124 Å². The minimum absolute atomic E-state index is 0.0181. The highest BCUT2D eigenvalue weighted by Gasteiger charge is 2.46. The van der Waals surface area contributed by atoms with Gasteiger partial charge in [0.05, 0.1) is 22.9 Å². The molecular weight excluding hydrogens is 664 g/mol. The standard InChI is InChI=1S/C36H47F2N7O6/c1-36(2,3)51-35(50)41-26-19-44(43-30(26)31(37)38)23-13-9-21(10-14-23)18-39-17-20-7-11-22(12-8-20)40-25-6-4-5-24-29(25)34(49)45(33(24)48)27-15-16-28(46)42-32(27)47/h4-6,19-23,27,31,39-40H,7-18H2,1-3H3,(H,41,50)(H,42,46,47). The number of piperidine rings is 1. The zero-order valence-corrected chi connectivity index (χ0v) is 29.3. The van der Waals surface area contributed by atoms with Crippen LogP contribution in [0.3, 0.4) is 0 Å². The van der Waals surface area contributed by atoms with Crippen molar-refractivity contribution in [3.63, 3.8) is 0 Å². The number of nitrogens with zero attached hydrogens (tertiary/aromatic N) is 3. The van der Waals surface area contributed by atoms with E-state index in [0.717, 1.165) is 69.4 Å². The lowest BCUT2D eigenvalue weighted by Gasteiger charge is -2.32. The Labute approximate surface area is 295 Å². The van der Waals surface area contributed by atoms with Crippen LogP contribution in [0, 0.1) is 11.8 Å². The largest absolute Gasteiger partial charge is 0.444 e. The number of benzene rings is 1. The molecule has 1 aromatic carbocycles. The third-order valence-electron chi connectivity index (χ3n) is 10.3. The summed E-state index contributed by atoms with van der Waals surface area (Å²) in [5.74, 6) is -1.07. The summed E-state index contributed by atoms with van der Waals surface area (Å²) < 4.78 is 34.2. The second kappa shape index (κ2) is 15.1. The lowest BCUT2D eigenvalue weighted by molar-refractivity contribution is -0.136. The van der Waals surface area contributed by atoms with Crippen LogP contribution in [-0.2, 0) is 14.3 Å². The summed E-state index contributed by atoms with van der Waals surface area (Å²) in [6.07, 6.45) is 5.39. The molecule has 2 aliphatic carbocycles. The predicted octanol–water partition coefficient (Wildman–Crippen LogP) is 5.56. The summed E-state index contributed by atoms with van der Waals surface area (Å²) in [5.41, 5.74) is -0.0953. The number of fused-ring (bicyclic) bond motifs is 1. The van der Waals surface area contributed by atoms with Crippen molar-refractivity contribution in [3.8, 4) is 0 Å². The molecule has 0 spiro atoms. The molecule has 15 heteroatoms. The minimum Gasteiger partial charge on any atom is -0.444 e. The fourth-order valence-corrected chi connectivity index (χ4v) is 7.73. The number of halogens is 2. The van der Waals surface area contributed by atoms with Gasteiger partial charge in [0.2, 0.25) is 11.8 Å². The van der Waals surface area contributed by atoms with Crippen molar-refractivity contribution in [2.45, 2.75) is 115 Å². The van der Waals surface area contributed by atoms with Crippen LogP contribution in [0.5, 0.6) is 0 Å². The third-order valence-corrected chi connectivity index (χ3v) is 10.3. The molecule has 6 rings (SSSR count). The van der Waals surface area contributed by atoms with E-state index in [1.165, 1.54) is 6.20 Å². The van der Waals surface area contributed by atoms with E-state index in [-0.39, 0.29) is 41.7 Å². The second-order valence-corrected chi connectivity index (χ2v) is 15.2. The van der Waals surface area contributed by atoms with Gasteiger partial charge in [0.1, 0.15) is 11.6 Å². The van der Waals surface area contributed by atoms with Crippen LogP contribution in [0.15, 0.2) is 24.4 Å². The molecule has 4 N–H and O–H groups in total. The Hall–Kier alpha value is -4.40. The van der Waals surface area contributed by atoms with Gasteiger partial charge in [0, 0.05) is 24.3 Å².